The van der Waals surface area contributed by atoms with Gasteiger partial charge < -0.3 is 19.3 Å². The largest absolute Gasteiger partial charge is 0.497 e. The van der Waals surface area contributed by atoms with Gasteiger partial charge in [-0.1, -0.05) is 17.8 Å². The van der Waals surface area contributed by atoms with E-state index in [1.807, 2.05) is 35.0 Å². The fraction of sp³-hybridized carbons (Fsp3) is 0.273. The zero-order chi connectivity index (χ0) is 21.3. The molecule has 1 unspecified atom stereocenters. The summed E-state index contributed by atoms with van der Waals surface area (Å²) in [7, 11) is 1.63. The minimum absolute atomic E-state index is 0.131. The van der Waals surface area contributed by atoms with Crippen LogP contribution in [-0.4, -0.2) is 52.8 Å². The Hall–Kier alpha value is -2.97. The average molecular weight is 429 g/mol. The Morgan fingerprint density at radius 2 is 2.00 bits per heavy atom. The molecule has 1 heterocycles. The van der Waals surface area contributed by atoms with Gasteiger partial charge in [0.25, 0.3) is 0 Å². The highest BCUT2D eigenvalue weighted by Gasteiger charge is 2.12. The first-order valence-electron chi connectivity index (χ1n) is 9.49. The third kappa shape index (κ3) is 5.77. The lowest BCUT2D eigenvalue weighted by atomic mass is 10.2. The van der Waals surface area contributed by atoms with Gasteiger partial charge in [-0.15, -0.1) is 0 Å². The van der Waals surface area contributed by atoms with Crippen molar-refractivity contribution in [3.63, 3.8) is 0 Å². The summed E-state index contributed by atoms with van der Waals surface area (Å²) >= 11 is 1.44. The van der Waals surface area contributed by atoms with Gasteiger partial charge >= 0.3 is 5.97 Å². The highest BCUT2D eigenvalue weighted by molar-refractivity contribution is 7.99. The van der Waals surface area contributed by atoms with Crippen LogP contribution in [0.3, 0.4) is 0 Å². The molecule has 0 spiro atoms. The first-order chi connectivity index (χ1) is 14.6. The Bertz CT molecular complexity index is 958. The number of ether oxygens (including phenoxy) is 3. The average Bonchev–Trinajstić information content (AvgIpc) is 3.25. The number of aromatic nitrogens is 2. The van der Waals surface area contributed by atoms with Gasteiger partial charge in [-0.25, -0.2) is 9.78 Å². The normalized spacial score (nSPS) is 11.7. The molecule has 0 fully saturated rings. The molecule has 0 saturated carbocycles. The van der Waals surface area contributed by atoms with Gasteiger partial charge in [0.15, 0.2) is 5.16 Å². The number of benzene rings is 2. The van der Waals surface area contributed by atoms with E-state index in [2.05, 4.69) is 4.98 Å². The number of carbonyl (C=O) groups is 1. The predicted molar refractivity (Wildman–Crippen MR) is 115 cm³/mol. The van der Waals surface area contributed by atoms with E-state index in [4.69, 9.17) is 14.2 Å². The van der Waals surface area contributed by atoms with Crippen molar-refractivity contribution in [2.75, 3.05) is 26.1 Å². The monoisotopic (exact) mass is 428 g/mol. The lowest BCUT2D eigenvalue weighted by Gasteiger charge is -2.13. The van der Waals surface area contributed by atoms with Crippen molar-refractivity contribution in [3.8, 4) is 17.2 Å². The van der Waals surface area contributed by atoms with E-state index in [9.17, 15) is 9.90 Å². The first kappa shape index (κ1) is 21.7. The van der Waals surface area contributed by atoms with Crippen molar-refractivity contribution >= 4 is 17.7 Å². The van der Waals surface area contributed by atoms with Crippen molar-refractivity contribution in [2.24, 2.45) is 0 Å². The Morgan fingerprint density at radius 3 is 2.73 bits per heavy atom. The number of hydrogen-bond acceptors (Lipinski definition) is 7. The Kier molecular flexibility index (Phi) is 7.75. The van der Waals surface area contributed by atoms with Crippen LogP contribution in [0, 0.1) is 0 Å². The van der Waals surface area contributed by atoms with Crippen molar-refractivity contribution < 1.29 is 24.1 Å². The maximum absolute atomic E-state index is 11.7. The van der Waals surface area contributed by atoms with E-state index in [-0.39, 0.29) is 12.6 Å². The highest BCUT2D eigenvalue weighted by Crippen LogP contribution is 2.24. The number of aliphatic hydroxyl groups is 1. The number of nitrogens with zero attached hydrogens (tertiary/aromatic N) is 2. The summed E-state index contributed by atoms with van der Waals surface area (Å²) < 4.78 is 17.8. The molecule has 7 nitrogen and oxygen atoms in total. The summed E-state index contributed by atoms with van der Waals surface area (Å²) in [6.45, 7) is 2.22. The van der Waals surface area contributed by atoms with Crippen LogP contribution < -0.4 is 9.47 Å². The minimum Gasteiger partial charge on any atom is -0.497 e. The summed E-state index contributed by atoms with van der Waals surface area (Å²) in [6, 6.07) is 14.3. The molecule has 0 aliphatic rings. The third-order valence-corrected chi connectivity index (χ3v) is 5.26. The molecular formula is C22H24N2O5S. The van der Waals surface area contributed by atoms with Crippen LogP contribution in [0.25, 0.3) is 5.69 Å². The molecule has 0 radical (unpaired) electrons. The fourth-order valence-electron chi connectivity index (χ4n) is 2.67. The number of methoxy groups -OCH3 is 1. The molecule has 2 aromatic carbocycles. The van der Waals surface area contributed by atoms with Crippen LogP contribution in [0.2, 0.25) is 0 Å². The van der Waals surface area contributed by atoms with Gasteiger partial charge in [0, 0.05) is 24.2 Å². The Morgan fingerprint density at radius 1 is 1.20 bits per heavy atom. The number of imidazole rings is 1. The van der Waals surface area contributed by atoms with Crippen molar-refractivity contribution in [2.45, 2.75) is 18.2 Å². The van der Waals surface area contributed by atoms with Gasteiger partial charge in [-0.05, 0) is 43.3 Å². The maximum atomic E-state index is 11.7. The topological polar surface area (TPSA) is 82.8 Å². The van der Waals surface area contributed by atoms with Crippen LogP contribution in [0.1, 0.15) is 17.3 Å². The second-order valence-electron chi connectivity index (χ2n) is 6.30. The van der Waals surface area contributed by atoms with Crippen molar-refractivity contribution in [3.05, 3.63) is 66.5 Å². The highest BCUT2D eigenvalue weighted by atomic mass is 32.2. The zero-order valence-corrected chi connectivity index (χ0v) is 17.7. The third-order valence-electron chi connectivity index (χ3n) is 4.15. The van der Waals surface area contributed by atoms with Crippen LogP contribution in [0.5, 0.6) is 11.5 Å². The summed E-state index contributed by atoms with van der Waals surface area (Å²) in [5.41, 5.74) is 1.39. The lowest BCUT2D eigenvalue weighted by Crippen LogP contribution is -2.20. The number of carbonyl (C=O) groups excluding carboxylic acids is 1. The fourth-order valence-corrected chi connectivity index (χ4v) is 3.54. The zero-order valence-electron chi connectivity index (χ0n) is 16.9. The number of hydrogen-bond donors (Lipinski definition) is 1. The predicted octanol–water partition coefficient (Wildman–Crippen LogP) is 3.59. The summed E-state index contributed by atoms with van der Waals surface area (Å²) in [4.78, 5) is 16.0. The van der Waals surface area contributed by atoms with Crippen molar-refractivity contribution in [1.29, 1.82) is 0 Å². The van der Waals surface area contributed by atoms with E-state index in [0.29, 0.717) is 23.7 Å². The summed E-state index contributed by atoms with van der Waals surface area (Å²) in [5, 5.41) is 11.1. The second-order valence-corrected chi connectivity index (χ2v) is 7.29. The van der Waals surface area contributed by atoms with Gasteiger partial charge in [0.05, 0.1) is 31.1 Å². The SMILES string of the molecule is CCOC(=O)c1ccc(OCC(O)CSc2nccn2-c2cccc(OC)c2)cc1. The van der Waals surface area contributed by atoms with Gasteiger partial charge in [-0.2, -0.15) is 0 Å². The molecule has 0 amide bonds. The van der Waals surface area contributed by atoms with Crippen molar-refractivity contribution in [1.82, 2.24) is 9.55 Å². The molecule has 30 heavy (non-hydrogen) atoms. The number of aliphatic hydroxyl groups excluding tert-OH is 1. The first-order valence-corrected chi connectivity index (χ1v) is 10.5. The molecule has 0 bridgehead atoms. The lowest BCUT2D eigenvalue weighted by molar-refractivity contribution is 0.0526. The molecule has 8 heteroatoms. The summed E-state index contributed by atoms with van der Waals surface area (Å²) in [5.74, 6) is 1.39. The van der Waals surface area contributed by atoms with Crippen LogP contribution in [0.4, 0.5) is 0 Å². The second kappa shape index (κ2) is 10.7. The quantitative estimate of drug-likeness (QED) is 0.390. The van der Waals surface area contributed by atoms with E-state index in [1.165, 1.54) is 11.8 Å². The number of thioether (sulfide) groups is 1. The number of rotatable bonds is 10. The number of esters is 1. The molecule has 0 aliphatic heterocycles. The molecule has 1 atom stereocenters. The van der Waals surface area contributed by atoms with E-state index < -0.39 is 6.10 Å². The standard InChI is InChI=1S/C22H24N2O5S/c1-3-28-21(26)16-7-9-19(10-8-16)29-14-18(25)15-30-22-23-11-12-24(22)17-5-4-6-20(13-17)27-2/h4-13,18,25H,3,14-15H2,1-2H3. The molecule has 3 aromatic rings. The molecule has 0 aliphatic carbocycles. The van der Waals surface area contributed by atoms with Crippen LogP contribution in [0.15, 0.2) is 66.1 Å². The molecule has 1 aromatic heterocycles. The Labute approximate surface area is 179 Å². The van der Waals surface area contributed by atoms with Gasteiger partial charge in [0.2, 0.25) is 0 Å². The van der Waals surface area contributed by atoms with Gasteiger partial charge in [0.1, 0.15) is 18.1 Å². The van der Waals surface area contributed by atoms with Gasteiger partial charge in [-0.3, -0.25) is 4.57 Å². The van der Waals surface area contributed by atoms with Crippen LogP contribution in [-0.2, 0) is 4.74 Å². The van der Waals surface area contributed by atoms with Crippen LogP contribution >= 0.6 is 11.8 Å². The summed E-state index contributed by atoms with van der Waals surface area (Å²) in [6.07, 6.45) is 2.90. The smallest absolute Gasteiger partial charge is 0.338 e. The minimum atomic E-state index is -0.685. The maximum Gasteiger partial charge on any atom is 0.338 e. The van der Waals surface area contributed by atoms with E-state index >= 15 is 0 Å². The molecule has 158 valence electrons. The molecule has 3 rings (SSSR count). The van der Waals surface area contributed by atoms with E-state index in [0.717, 1.165) is 16.6 Å². The molecule has 1 N–H and O–H groups in total. The Balaban J connectivity index is 1.51. The van der Waals surface area contributed by atoms with E-state index in [1.54, 1.807) is 44.5 Å². The molecular weight excluding hydrogens is 404 g/mol. The molecule has 0 saturated heterocycles.